The molecule has 0 amide bonds. The Morgan fingerprint density at radius 1 is 1.26 bits per heavy atom. The first-order valence-electron chi connectivity index (χ1n) is 6.30. The maximum Gasteiger partial charge on any atom is 0.242 e. The van der Waals surface area contributed by atoms with Crippen molar-refractivity contribution in [2.24, 2.45) is 0 Å². The van der Waals surface area contributed by atoms with E-state index in [0.717, 1.165) is 19.3 Å². The van der Waals surface area contributed by atoms with Crippen LogP contribution in [0.15, 0.2) is 27.8 Å². The van der Waals surface area contributed by atoms with E-state index in [4.69, 9.17) is 0 Å². The van der Waals surface area contributed by atoms with Crippen molar-refractivity contribution < 1.29 is 13.5 Å². The molecule has 1 fully saturated rings. The van der Waals surface area contributed by atoms with Crippen LogP contribution in [0.5, 0.6) is 0 Å². The Labute approximate surface area is 121 Å². The van der Waals surface area contributed by atoms with Gasteiger partial charge in [-0.05, 0) is 34.8 Å². The molecule has 106 valence electrons. The van der Waals surface area contributed by atoms with Crippen LogP contribution in [-0.2, 0) is 10.0 Å². The van der Waals surface area contributed by atoms with Crippen LogP contribution in [0.3, 0.4) is 0 Å². The number of sulfonamides is 1. The minimum atomic E-state index is -3.63. The normalized spacial score (nSPS) is 24.9. The van der Waals surface area contributed by atoms with E-state index in [1.54, 1.807) is 0 Å². The number of aliphatic hydroxyl groups excluding tert-OH is 1. The second kappa shape index (κ2) is 6.30. The molecular weight excluding hydrogens is 332 g/mol. The molecule has 2 unspecified atom stereocenters. The second-order valence-electron chi connectivity index (χ2n) is 4.77. The monoisotopic (exact) mass is 348 g/mol. The molecule has 1 saturated carbocycles. The Morgan fingerprint density at radius 2 is 2.00 bits per heavy atom. The van der Waals surface area contributed by atoms with Crippen molar-refractivity contribution in [1.29, 1.82) is 0 Å². The molecule has 1 aliphatic carbocycles. The van der Waals surface area contributed by atoms with Gasteiger partial charge in [0.1, 0.15) is 4.90 Å². The van der Waals surface area contributed by atoms with Crippen molar-refractivity contribution in [3.63, 3.8) is 0 Å². The fourth-order valence-electron chi connectivity index (χ4n) is 2.23. The van der Waals surface area contributed by atoms with E-state index in [2.05, 4.69) is 25.6 Å². The smallest absolute Gasteiger partial charge is 0.242 e. The van der Waals surface area contributed by atoms with Crippen molar-refractivity contribution >= 4 is 26.0 Å². The van der Waals surface area contributed by atoms with Gasteiger partial charge < -0.3 is 5.11 Å². The topological polar surface area (TPSA) is 79.3 Å². The molecule has 5 nitrogen and oxygen atoms in total. The van der Waals surface area contributed by atoms with Gasteiger partial charge >= 0.3 is 0 Å². The van der Waals surface area contributed by atoms with Crippen molar-refractivity contribution in [3.8, 4) is 0 Å². The van der Waals surface area contributed by atoms with Gasteiger partial charge in [-0.3, -0.25) is 4.98 Å². The van der Waals surface area contributed by atoms with Crippen molar-refractivity contribution in [1.82, 2.24) is 9.71 Å². The van der Waals surface area contributed by atoms with Crippen molar-refractivity contribution in [3.05, 3.63) is 22.9 Å². The lowest BCUT2D eigenvalue weighted by Crippen LogP contribution is -2.42. The average molecular weight is 349 g/mol. The summed E-state index contributed by atoms with van der Waals surface area (Å²) in [5, 5.41) is 9.96. The number of pyridine rings is 1. The molecule has 1 aliphatic rings. The van der Waals surface area contributed by atoms with Crippen LogP contribution in [0, 0.1) is 0 Å². The van der Waals surface area contributed by atoms with Gasteiger partial charge in [-0.15, -0.1) is 0 Å². The predicted molar refractivity (Wildman–Crippen MR) is 75.1 cm³/mol. The summed E-state index contributed by atoms with van der Waals surface area (Å²) in [5.41, 5.74) is 0. The summed E-state index contributed by atoms with van der Waals surface area (Å²) < 4.78 is 27.7. The molecule has 7 heteroatoms. The number of aliphatic hydroxyl groups is 1. The summed E-state index contributed by atoms with van der Waals surface area (Å²) in [4.78, 5) is 3.96. The Hall–Kier alpha value is -0.500. The van der Waals surface area contributed by atoms with Gasteiger partial charge in [-0.2, -0.15) is 0 Å². The minimum Gasteiger partial charge on any atom is -0.391 e. The fourth-order valence-corrected chi connectivity index (χ4v) is 4.04. The third-order valence-electron chi connectivity index (χ3n) is 3.28. The van der Waals surface area contributed by atoms with Gasteiger partial charge in [-0.25, -0.2) is 13.1 Å². The van der Waals surface area contributed by atoms with Gasteiger partial charge in [0.25, 0.3) is 0 Å². The van der Waals surface area contributed by atoms with Crippen LogP contribution >= 0.6 is 15.9 Å². The van der Waals surface area contributed by atoms with Crippen LogP contribution in [-0.4, -0.2) is 30.7 Å². The summed E-state index contributed by atoms with van der Waals surface area (Å²) in [6.45, 7) is 0. The van der Waals surface area contributed by atoms with Gasteiger partial charge in [-0.1, -0.05) is 19.3 Å². The first-order valence-corrected chi connectivity index (χ1v) is 8.57. The van der Waals surface area contributed by atoms with E-state index in [0.29, 0.717) is 17.3 Å². The number of nitrogens with one attached hydrogen (secondary N) is 1. The highest BCUT2D eigenvalue weighted by Crippen LogP contribution is 2.21. The van der Waals surface area contributed by atoms with Crippen LogP contribution < -0.4 is 4.72 Å². The van der Waals surface area contributed by atoms with Gasteiger partial charge in [0.15, 0.2) is 0 Å². The van der Waals surface area contributed by atoms with Gasteiger partial charge in [0, 0.05) is 22.9 Å². The summed E-state index contributed by atoms with van der Waals surface area (Å²) in [7, 11) is -3.63. The average Bonchev–Trinajstić information content (AvgIpc) is 2.55. The quantitative estimate of drug-likeness (QED) is 0.816. The highest BCUT2D eigenvalue weighted by Gasteiger charge is 2.27. The standard InChI is InChI=1S/C12H17BrN2O3S/c13-9-6-10(8-14-7-9)19(17,18)15-11-4-2-1-3-5-12(11)16/h6-8,11-12,15-16H,1-5H2. The summed E-state index contributed by atoms with van der Waals surface area (Å²) in [5.74, 6) is 0. The number of nitrogens with zero attached hydrogens (tertiary/aromatic N) is 1. The van der Waals surface area contributed by atoms with Crippen LogP contribution in [0.4, 0.5) is 0 Å². The molecule has 2 atom stereocenters. The summed E-state index contributed by atoms with van der Waals surface area (Å²) in [6.07, 6.45) is 6.44. The zero-order valence-electron chi connectivity index (χ0n) is 10.4. The number of hydrogen-bond donors (Lipinski definition) is 2. The maximum absolute atomic E-state index is 12.2. The Kier molecular flexibility index (Phi) is 4.94. The van der Waals surface area contributed by atoms with Gasteiger partial charge in [0.2, 0.25) is 10.0 Å². The van der Waals surface area contributed by atoms with E-state index in [9.17, 15) is 13.5 Å². The number of halogens is 1. The molecule has 2 N–H and O–H groups in total. The molecule has 2 rings (SSSR count). The first-order chi connectivity index (χ1) is 8.99. The van der Waals surface area contributed by atoms with Crippen LogP contribution in [0.1, 0.15) is 32.1 Å². The molecule has 0 saturated heterocycles. The third kappa shape index (κ3) is 3.98. The zero-order valence-corrected chi connectivity index (χ0v) is 12.8. The molecule has 0 radical (unpaired) electrons. The SMILES string of the molecule is O=S(=O)(NC1CCCCCC1O)c1cncc(Br)c1. The van der Waals surface area contributed by atoms with Crippen molar-refractivity contribution in [2.45, 2.75) is 49.1 Å². The lowest BCUT2D eigenvalue weighted by molar-refractivity contribution is 0.130. The largest absolute Gasteiger partial charge is 0.391 e. The molecule has 0 spiro atoms. The first kappa shape index (κ1) is 14.9. The molecule has 19 heavy (non-hydrogen) atoms. The number of hydrogen-bond acceptors (Lipinski definition) is 4. The zero-order chi connectivity index (χ0) is 13.9. The maximum atomic E-state index is 12.2. The molecule has 0 bridgehead atoms. The van der Waals surface area contributed by atoms with E-state index in [-0.39, 0.29) is 4.90 Å². The highest BCUT2D eigenvalue weighted by molar-refractivity contribution is 9.10. The van der Waals surface area contributed by atoms with E-state index in [1.165, 1.54) is 18.5 Å². The number of rotatable bonds is 3. The molecule has 1 heterocycles. The summed E-state index contributed by atoms with van der Waals surface area (Å²) in [6, 6.07) is 1.09. The Bertz CT molecular complexity index is 536. The summed E-state index contributed by atoms with van der Waals surface area (Å²) >= 11 is 3.20. The van der Waals surface area contributed by atoms with Crippen LogP contribution in [0.2, 0.25) is 0 Å². The fraction of sp³-hybridized carbons (Fsp3) is 0.583. The van der Waals surface area contributed by atoms with E-state index in [1.807, 2.05) is 0 Å². The van der Waals surface area contributed by atoms with E-state index < -0.39 is 22.2 Å². The number of aromatic nitrogens is 1. The Balaban J connectivity index is 2.16. The third-order valence-corrected chi connectivity index (χ3v) is 5.17. The molecule has 0 aromatic carbocycles. The second-order valence-corrected chi connectivity index (χ2v) is 7.40. The van der Waals surface area contributed by atoms with Gasteiger partial charge in [0.05, 0.1) is 6.10 Å². The molecule has 1 aromatic heterocycles. The lowest BCUT2D eigenvalue weighted by atomic mass is 10.1. The molecule has 0 aliphatic heterocycles. The van der Waals surface area contributed by atoms with Crippen molar-refractivity contribution in [2.75, 3.05) is 0 Å². The Morgan fingerprint density at radius 3 is 2.74 bits per heavy atom. The van der Waals surface area contributed by atoms with Crippen LogP contribution in [0.25, 0.3) is 0 Å². The highest BCUT2D eigenvalue weighted by atomic mass is 79.9. The molecular formula is C12H17BrN2O3S. The lowest BCUT2D eigenvalue weighted by Gasteiger charge is -2.21. The molecule has 1 aromatic rings. The van der Waals surface area contributed by atoms with E-state index >= 15 is 0 Å². The minimum absolute atomic E-state index is 0.110. The predicted octanol–water partition coefficient (Wildman–Crippen LogP) is 1.82.